The average Bonchev–Trinajstić information content (AvgIpc) is 2.33. The summed E-state index contributed by atoms with van der Waals surface area (Å²) in [7, 11) is 1.32. The molecule has 0 aliphatic carbocycles. The molecule has 19 heavy (non-hydrogen) atoms. The van der Waals surface area contributed by atoms with Gasteiger partial charge in [0.1, 0.15) is 5.60 Å². The van der Waals surface area contributed by atoms with Gasteiger partial charge in [-0.2, -0.15) is 0 Å². The van der Waals surface area contributed by atoms with Crippen LogP contribution in [0.4, 0.5) is 4.79 Å². The van der Waals surface area contributed by atoms with Crippen LogP contribution < -0.4 is 0 Å². The number of amides is 1. The van der Waals surface area contributed by atoms with Crippen LogP contribution in [0.1, 0.15) is 33.6 Å². The highest BCUT2D eigenvalue weighted by Crippen LogP contribution is 2.17. The lowest BCUT2D eigenvalue weighted by Crippen LogP contribution is -2.43. The van der Waals surface area contributed by atoms with Crippen molar-refractivity contribution in [3.8, 4) is 0 Å². The molecule has 0 spiro atoms. The maximum absolute atomic E-state index is 11.9. The molecule has 1 saturated heterocycles. The zero-order chi connectivity index (χ0) is 14.3. The van der Waals surface area contributed by atoms with Crippen LogP contribution in [-0.2, 0) is 13.7 Å². The van der Waals surface area contributed by atoms with Gasteiger partial charge in [0.25, 0.3) is 0 Å². The maximum Gasteiger partial charge on any atom is 0.410 e. The van der Waals surface area contributed by atoms with E-state index >= 15 is 0 Å². The molecule has 1 amide bonds. The lowest BCUT2D eigenvalue weighted by molar-refractivity contribution is -0.0163. The molecule has 112 valence electrons. The highest BCUT2D eigenvalue weighted by Gasteiger charge is 2.26. The Hall–Kier alpha value is 0.270. The second-order valence-electron chi connectivity index (χ2n) is 5.42. The molecule has 0 aromatic carbocycles. The molecule has 1 fully saturated rings. The minimum absolute atomic E-state index is 0.224. The lowest BCUT2D eigenvalue weighted by atomic mass is 10.1. The molecule has 0 N–H and O–H groups in total. The van der Waals surface area contributed by atoms with Crippen LogP contribution in [0.25, 0.3) is 0 Å². The van der Waals surface area contributed by atoms with E-state index in [1.165, 1.54) is 9.21 Å². The summed E-state index contributed by atoms with van der Waals surface area (Å²) in [6.45, 7) is 8.24. The third kappa shape index (κ3) is 7.57. The van der Waals surface area contributed by atoms with Crippen molar-refractivity contribution in [3.63, 3.8) is 0 Å². The van der Waals surface area contributed by atoms with Gasteiger partial charge in [0, 0.05) is 34.3 Å². The number of piperidine rings is 1. The predicted octanol–water partition coefficient (Wildman–Crippen LogP) is 3.42. The largest absolute Gasteiger partial charge is 0.444 e. The van der Waals surface area contributed by atoms with Crippen LogP contribution in [-0.4, -0.2) is 49.0 Å². The van der Waals surface area contributed by atoms with Crippen LogP contribution in [0.15, 0.2) is 0 Å². The van der Waals surface area contributed by atoms with E-state index in [0.717, 1.165) is 12.8 Å². The normalized spacial score (nSPS) is 17.6. The first-order chi connectivity index (χ1) is 8.92. The molecule has 1 heterocycles. The first-order valence-electron chi connectivity index (χ1n) is 6.42. The van der Waals surface area contributed by atoms with Crippen molar-refractivity contribution in [1.82, 2.24) is 4.90 Å². The van der Waals surface area contributed by atoms with E-state index in [4.69, 9.17) is 13.7 Å². The molecule has 0 aromatic rings. The fourth-order valence-corrected chi connectivity index (χ4v) is 2.48. The molecule has 0 radical (unpaired) electrons. The number of nitrogens with zero attached hydrogens (tertiary/aromatic N) is 1. The second kappa shape index (κ2) is 8.53. The highest BCUT2D eigenvalue weighted by atomic mass is 127. The zero-order valence-corrected chi connectivity index (χ0v) is 14.7. The minimum atomic E-state index is -0.432. The smallest absolute Gasteiger partial charge is 0.410 e. The second-order valence-corrected chi connectivity index (χ2v) is 6.86. The molecule has 0 saturated carbocycles. The fourth-order valence-electron chi connectivity index (χ4n) is 1.81. The molecule has 0 aromatic heterocycles. The van der Waals surface area contributed by atoms with Gasteiger partial charge in [0.2, 0.25) is 0 Å². The number of halogens is 1. The third-order valence-corrected chi connectivity index (χ3v) is 3.68. The Morgan fingerprint density at radius 3 is 2.47 bits per heavy atom. The molecular formula is C12H22INO4S. The Morgan fingerprint density at radius 1 is 1.32 bits per heavy atom. The summed E-state index contributed by atoms with van der Waals surface area (Å²) in [6, 6.07) is 0. The SMILES string of the molecule is CC(C)(C)OC(=O)N1CCC(OCCOSI)CC1. The summed E-state index contributed by atoms with van der Waals surface area (Å²) in [5.74, 6) is 0. The number of ether oxygens (including phenoxy) is 2. The van der Waals surface area contributed by atoms with Crippen LogP contribution in [0.3, 0.4) is 0 Å². The summed E-state index contributed by atoms with van der Waals surface area (Å²) >= 11 is 2.08. The molecule has 7 heteroatoms. The van der Waals surface area contributed by atoms with Gasteiger partial charge in [-0.1, -0.05) is 0 Å². The van der Waals surface area contributed by atoms with E-state index in [0.29, 0.717) is 26.3 Å². The van der Waals surface area contributed by atoms with E-state index in [-0.39, 0.29) is 12.2 Å². The van der Waals surface area contributed by atoms with Gasteiger partial charge in [-0.05, 0) is 33.6 Å². The molecule has 0 bridgehead atoms. The number of carbonyl (C=O) groups excluding carboxylic acids is 1. The number of carbonyl (C=O) groups is 1. The standard InChI is InChI=1S/C12H22INO4S/c1-12(2,3)18-11(15)14-6-4-10(5-7-14)16-8-9-17-19-13/h10H,4-9H2,1-3H3. The first kappa shape index (κ1) is 17.3. The van der Waals surface area contributed by atoms with Crippen LogP contribution >= 0.6 is 30.4 Å². The fraction of sp³-hybridized carbons (Fsp3) is 0.917. The molecule has 0 atom stereocenters. The quantitative estimate of drug-likeness (QED) is 0.400. The van der Waals surface area contributed by atoms with Gasteiger partial charge in [0.05, 0.1) is 28.5 Å². The zero-order valence-electron chi connectivity index (χ0n) is 11.7. The van der Waals surface area contributed by atoms with Crippen molar-refractivity contribution in [2.45, 2.75) is 45.3 Å². The number of hydrogen-bond acceptors (Lipinski definition) is 5. The molecule has 1 rings (SSSR count). The van der Waals surface area contributed by atoms with Gasteiger partial charge in [-0.15, -0.1) is 0 Å². The van der Waals surface area contributed by atoms with E-state index in [9.17, 15) is 4.79 Å². The summed E-state index contributed by atoms with van der Waals surface area (Å²) in [4.78, 5) is 13.6. The van der Waals surface area contributed by atoms with E-state index in [2.05, 4.69) is 21.2 Å². The van der Waals surface area contributed by atoms with Crippen molar-refractivity contribution in [2.24, 2.45) is 0 Å². The maximum atomic E-state index is 11.9. The Bertz CT molecular complexity index is 277. The molecule has 0 unspecified atom stereocenters. The van der Waals surface area contributed by atoms with Gasteiger partial charge in [-0.3, -0.25) is 0 Å². The van der Waals surface area contributed by atoms with Crippen LogP contribution in [0, 0.1) is 0 Å². The summed E-state index contributed by atoms with van der Waals surface area (Å²) in [6.07, 6.45) is 1.71. The van der Waals surface area contributed by atoms with E-state index < -0.39 is 5.60 Å². The summed E-state index contributed by atoms with van der Waals surface area (Å²) < 4.78 is 16.2. The molecule has 1 aliphatic rings. The van der Waals surface area contributed by atoms with E-state index in [1.54, 1.807) is 4.90 Å². The topological polar surface area (TPSA) is 48.0 Å². The average molecular weight is 403 g/mol. The lowest BCUT2D eigenvalue weighted by Gasteiger charge is -2.33. The number of rotatable bonds is 5. The predicted molar refractivity (Wildman–Crippen MR) is 84.3 cm³/mol. The van der Waals surface area contributed by atoms with Crippen molar-refractivity contribution < 1.29 is 18.5 Å². The van der Waals surface area contributed by atoms with Crippen molar-refractivity contribution >= 4 is 36.5 Å². The summed E-state index contributed by atoms with van der Waals surface area (Å²) in [5, 5.41) is 0. The highest BCUT2D eigenvalue weighted by molar-refractivity contribution is 14.2. The Kier molecular flexibility index (Phi) is 7.78. The monoisotopic (exact) mass is 403 g/mol. The summed E-state index contributed by atoms with van der Waals surface area (Å²) in [5.41, 5.74) is -0.432. The van der Waals surface area contributed by atoms with Crippen molar-refractivity contribution in [3.05, 3.63) is 0 Å². The van der Waals surface area contributed by atoms with Crippen molar-refractivity contribution in [2.75, 3.05) is 26.3 Å². The Balaban J connectivity index is 2.19. The van der Waals surface area contributed by atoms with Crippen LogP contribution in [0.2, 0.25) is 0 Å². The molecule has 5 nitrogen and oxygen atoms in total. The van der Waals surface area contributed by atoms with Gasteiger partial charge >= 0.3 is 6.09 Å². The third-order valence-electron chi connectivity index (χ3n) is 2.66. The Labute approximate surface area is 131 Å². The minimum Gasteiger partial charge on any atom is -0.444 e. The Morgan fingerprint density at radius 2 is 1.95 bits per heavy atom. The van der Waals surface area contributed by atoms with Gasteiger partial charge < -0.3 is 18.6 Å². The molecule has 1 aliphatic heterocycles. The number of likely N-dealkylation sites (tertiary alicyclic amines) is 1. The van der Waals surface area contributed by atoms with Gasteiger partial charge in [0.15, 0.2) is 0 Å². The van der Waals surface area contributed by atoms with Gasteiger partial charge in [-0.25, -0.2) is 4.79 Å². The molecular weight excluding hydrogens is 381 g/mol. The number of hydrogen-bond donors (Lipinski definition) is 0. The van der Waals surface area contributed by atoms with Crippen molar-refractivity contribution in [1.29, 1.82) is 0 Å². The van der Waals surface area contributed by atoms with Crippen LogP contribution in [0.5, 0.6) is 0 Å². The van der Waals surface area contributed by atoms with E-state index in [1.807, 2.05) is 20.8 Å². The first-order valence-corrected chi connectivity index (χ1v) is 9.70.